The summed E-state index contributed by atoms with van der Waals surface area (Å²) in [6.07, 6.45) is 3.68. The smallest absolute Gasteiger partial charge is 0.171 e. The van der Waals surface area contributed by atoms with Crippen molar-refractivity contribution in [2.45, 2.75) is 39.0 Å². The van der Waals surface area contributed by atoms with Crippen LogP contribution in [0, 0.1) is 11.3 Å². The number of Topliss-reactive ketones (excluding diaryl/α,β-unsaturated/α-hetero) is 1. The normalized spacial score (nSPS) is 30.5. The highest BCUT2D eigenvalue weighted by atomic mass is 35.5. The maximum absolute atomic E-state index is 13.0. The molecule has 0 aromatic heterocycles. The van der Waals surface area contributed by atoms with Crippen LogP contribution in [0.4, 0.5) is 0 Å². The zero-order valence-corrected chi connectivity index (χ0v) is 13.1. The van der Waals surface area contributed by atoms with Gasteiger partial charge in [0.1, 0.15) is 10.8 Å². The molecule has 0 radical (unpaired) electrons. The van der Waals surface area contributed by atoms with E-state index in [1.807, 2.05) is 6.92 Å². The first-order valence-corrected chi connectivity index (χ1v) is 7.71. The highest BCUT2D eigenvalue weighted by molar-refractivity contribution is 6.45. The lowest BCUT2D eigenvalue weighted by atomic mass is 9.73. The standard InChI is InChI=1S/C16H18Cl2O2/c1-16(10-5-3-4-6-10)8-9-7-11(20-2)13(17)14(18)12(9)15(16)19/h7,10H,3-6,8H2,1-2H3/i8T. The number of fused-ring (bicyclic) bond motifs is 1. The SMILES string of the molecule is [3H]C1c2cc(OC)c(Cl)c(Cl)c2C(=O)C1(C)C1CCCC1. The molecule has 1 aromatic rings. The Bertz CT molecular complexity index is 611. The lowest BCUT2D eigenvalue weighted by Gasteiger charge is -2.29. The first-order chi connectivity index (χ1) is 9.92. The highest BCUT2D eigenvalue weighted by Gasteiger charge is 2.49. The van der Waals surface area contributed by atoms with Crippen LogP contribution in [-0.4, -0.2) is 12.9 Å². The number of methoxy groups -OCH3 is 1. The van der Waals surface area contributed by atoms with E-state index in [1.165, 1.54) is 7.11 Å². The van der Waals surface area contributed by atoms with Crippen molar-refractivity contribution in [3.63, 3.8) is 0 Å². The molecule has 0 N–H and O–H groups in total. The first kappa shape index (κ1) is 13.0. The van der Waals surface area contributed by atoms with Crippen molar-refractivity contribution >= 4 is 29.0 Å². The Kier molecular flexibility index (Phi) is 3.19. The molecule has 2 aliphatic rings. The molecule has 0 saturated heterocycles. The fraction of sp³-hybridized carbons (Fsp3) is 0.562. The maximum atomic E-state index is 13.0. The van der Waals surface area contributed by atoms with Crippen LogP contribution in [0.2, 0.25) is 10.0 Å². The van der Waals surface area contributed by atoms with Crippen LogP contribution < -0.4 is 4.74 Å². The average Bonchev–Trinajstić information content (AvgIpc) is 3.07. The Labute approximate surface area is 130 Å². The van der Waals surface area contributed by atoms with Crippen molar-refractivity contribution < 1.29 is 10.9 Å². The van der Waals surface area contributed by atoms with Gasteiger partial charge < -0.3 is 4.74 Å². The van der Waals surface area contributed by atoms with Gasteiger partial charge in [0, 0.05) is 12.3 Å². The van der Waals surface area contributed by atoms with Crippen LogP contribution in [0.5, 0.6) is 5.75 Å². The Morgan fingerprint density at radius 3 is 2.60 bits per heavy atom. The molecular formula is C16H18Cl2O2. The Morgan fingerprint density at radius 2 is 2.00 bits per heavy atom. The van der Waals surface area contributed by atoms with Gasteiger partial charge in [-0.1, -0.05) is 43.0 Å². The predicted octanol–water partition coefficient (Wildman–Crippen LogP) is 4.94. The van der Waals surface area contributed by atoms with Crippen molar-refractivity contribution in [2.24, 2.45) is 11.3 Å². The lowest BCUT2D eigenvalue weighted by Crippen LogP contribution is -2.32. The van der Waals surface area contributed by atoms with E-state index in [4.69, 9.17) is 29.3 Å². The van der Waals surface area contributed by atoms with Gasteiger partial charge in [0.2, 0.25) is 0 Å². The molecule has 2 nitrogen and oxygen atoms in total. The molecule has 2 atom stereocenters. The Morgan fingerprint density at radius 1 is 1.35 bits per heavy atom. The van der Waals surface area contributed by atoms with Crippen molar-refractivity contribution in [1.82, 2.24) is 0 Å². The summed E-state index contributed by atoms with van der Waals surface area (Å²) >= 11 is 12.5. The second-order valence-electron chi connectivity index (χ2n) is 5.91. The summed E-state index contributed by atoms with van der Waals surface area (Å²) in [5.74, 6) is 0.654. The summed E-state index contributed by atoms with van der Waals surface area (Å²) in [6.45, 7) is 1.92. The first-order valence-electron chi connectivity index (χ1n) is 7.53. The summed E-state index contributed by atoms with van der Waals surface area (Å²) in [7, 11) is 1.51. The van der Waals surface area contributed by atoms with Gasteiger partial charge in [-0.15, -0.1) is 0 Å². The molecule has 1 saturated carbocycles. The number of carbonyl (C=O) groups is 1. The second-order valence-corrected chi connectivity index (χ2v) is 6.66. The maximum Gasteiger partial charge on any atom is 0.171 e. The number of carbonyl (C=O) groups excluding carboxylic acids is 1. The van der Waals surface area contributed by atoms with E-state index < -0.39 is 11.8 Å². The zero-order valence-electron chi connectivity index (χ0n) is 12.6. The Balaban J connectivity index is 2.16. The van der Waals surface area contributed by atoms with Crippen molar-refractivity contribution in [3.8, 4) is 5.75 Å². The average molecular weight is 315 g/mol. The minimum Gasteiger partial charge on any atom is -0.495 e. The third kappa shape index (κ3) is 1.88. The molecular weight excluding hydrogens is 295 g/mol. The van der Waals surface area contributed by atoms with Crippen LogP contribution in [0.25, 0.3) is 0 Å². The summed E-state index contributed by atoms with van der Waals surface area (Å²) in [6, 6.07) is 1.71. The molecule has 0 bridgehead atoms. The third-order valence-corrected chi connectivity index (χ3v) is 5.65. The number of benzene rings is 1. The van der Waals surface area contributed by atoms with E-state index in [0.717, 1.165) is 25.7 Å². The van der Waals surface area contributed by atoms with Crippen molar-refractivity contribution in [1.29, 1.82) is 0 Å². The summed E-state index contributed by atoms with van der Waals surface area (Å²) in [4.78, 5) is 13.0. The minimum absolute atomic E-state index is 0.0287. The summed E-state index contributed by atoms with van der Waals surface area (Å²) in [5, 5.41) is 0.490. The molecule has 4 heteroatoms. The van der Waals surface area contributed by atoms with E-state index in [9.17, 15) is 4.79 Å². The minimum atomic E-state index is -0.696. The number of rotatable bonds is 2. The van der Waals surface area contributed by atoms with E-state index in [-0.39, 0.29) is 21.7 Å². The number of hydrogen-bond donors (Lipinski definition) is 0. The van der Waals surface area contributed by atoms with Gasteiger partial charge in [0.25, 0.3) is 0 Å². The molecule has 20 heavy (non-hydrogen) atoms. The van der Waals surface area contributed by atoms with Crippen LogP contribution in [-0.2, 0) is 6.40 Å². The predicted molar refractivity (Wildman–Crippen MR) is 81.1 cm³/mol. The van der Waals surface area contributed by atoms with Gasteiger partial charge in [-0.05, 0) is 36.8 Å². The van der Waals surface area contributed by atoms with Crippen LogP contribution >= 0.6 is 23.2 Å². The fourth-order valence-electron chi connectivity index (χ4n) is 3.60. The van der Waals surface area contributed by atoms with Gasteiger partial charge in [-0.25, -0.2) is 0 Å². The fourth-order valence-corrected chi connectivity index (χ4v) is 4.12. The number of halogens is 2. The molecule has 1 aromatic carbocycles. The molecule has 108 valence electrons. The third-order valence-electron chi connectivity index (χ3n) is 4.80. The monoisotopic (exact) mass is 314 g/mol. The summed E-state index contributed by atoms with van der Waals surface area (Å²) in [5.41, 5.74) is 0.385. The van der Waals surface area contributed by atoms with Crippen molar-refractivity contribution in [3.05, 3.63) is 27.2 Å². The van der Waals surface area contributed by atoms with E-state index in [2.05, 4.69) is 0 Å². The number of ether oxygens (including phenoxy) is 1. The molecule has 0 spiro atoms. The van der Waals surface area contributed by atoms with Gasteiger partial charge in [0.15, 0.2) is 5.78 Å². The summed E-state index contributed by atoms with van der Waals surface area (Å²) < 4.78 is 13.8. The van der Waals surface area contributed by atoms with E-state index in [1.54, 1.807) is 6.07 Å². The van der Waals surface area contributed by atoms with Gasteiger partial charge in [-0.3, -0.25) is 4.79 Å². The second kappa shape index (κ2) is 4.92. The molecule has 3 rings (SSSR count). The largest absolute Gasteiger partial charge is 0.495 e. The van der Waals surface area contributed by atoms with Crippen molar-refractivity contribution in [2.75, 3.05) is 7.11 Å². The Hall–Kier alpha value is -0.730. The number of hydrogen-bond acceptors (Lipinski definition) is 2. The van der Waals surface area contributed by atoms with Crippen LogP contribution in [0.3, 0.4) is 0 Å². The molecule has 1 fully saturated rings. The highest BCUT2D eigenvalue weighted by Crippen LogP contribution is 2.52. The van der Waals surface area contributed by atoms with E-state index in [0.29, 0.717) is 16.9 Å². The van der Waals surface area contributed by atoms with E-state index >= 15 is 0 Å². The lowest BCUT2D eigenvalue weighted by molar-refractivity contribution is 0.0744. The zero-order chi connectivity index (χ0) is 15.4. The molecule has 0 aliphatic heterocycles. The topological polar surface area (TPSA) is 26.3 Å². The van der Waals surface area contributed by atoms with Gasteiger partial charge in [0.05, 0.1) is 12.1 Å². The molecule has 2 aliphatic carbocycles. The quantitative estimate of drug-likeness (QED) is 0.773. The van der Waals surface area contributed by atoms with Crippen LogP contribution in [0.1, 0.15) is 49.9 Å². The number of ketones is 1. The molecule has 0 heterocycles. The van der Waals surface area contributed by atoms with Gasteiger partial charge >= 0.3 is 0 Å². The molecule has 2 unspecified atom stereocenters. The van der Waals surface area contributed by atoms with Crippen LogP contribution in [0.15, 0.2) is 6.07 Å². The van der Waals surface area contributed by atoms with Gasteiger partial charge in [-0.2, -0.15) is 0 Å². The molecule has 0 amide bonds.